The van der Waals surface area contributed by atoms with Gasteiger partial charge in [0.05, 0.1) is 0 Å². The Kier molecular flexibility index (Phi) is 6.84. The molecule has 0 fully saturated rings. The maximum Gasteiger partial charge on any atom is 0.154 e. The van der Waals surface area contributed by atoms with Crippen molar-refractivity contribution in [1.29, 1.82) is 0 Å². The van der Waals surface area contributed by atoms with Gasteiger partial charge >= 0.3 is 0 Å². The van der Waals surface area contributed by atoms with Gasteiger partial charge < -0.3 is 0 Å². The number of hydrogen-bond donors (Lipinski definition) is 0. The normalized spacial score (nSPS) is 12.5. The van der Waals surface area contributed by atoms with E-state index in [9.17, 15) is 0 Å². The average Bonchev–Trinajstić information content (AvgIpc) is 2.75. The van der Waals surface area contributed by atoms with Crippen molar-refractivity contribution in [2.75, 3.05) is 0 Å². The summed E-state index contributed by atoms with van der Waals surface area (Å²) >= 11 is 0. The molecule has 1 atom stereocenters. The summed E-state index contributed by atoms with van der Waals surface area (Å²) in [6.45, 7) is 6.59. The smallest absolute Gasteiger partial charge is 0.103 e. The molecule has 0 aromatic heterocycles. The lowest BCUT2D eigenvalue weighted by Crippen LogP contribution is -2.69. The summed E-state index contributed by atoms with van der Waals surface area (Å²) < 4.78 is 0. The molecule has 0 radical (unpaired) electrons. The fourth-order valence-corrected chi connectivity index (χ4v) is 9.80. The van der Waals surface area contributed by atoms with Crippen LogP contribution < -0.4 is 15.6 Å². The molecule has 138 valence electrons. The second kappa shape index (κ2) is 9.52. The van der Waals surface area contributed by atoms with E-state index in [1.54, 1.807) is 0 Å². The monoisotopic (exact) mass is 370 g/mol. The van der Waals surface area contributed by atoms with Gasteiger partial charge in [-0.15, -0.1) is 6.58 Å². The first kappa shape index (κ1) is 19.4. The van der Waals surface area contributed by atoms with Crippen LogP contribution in [0.5, 0.6) is 0 Å². The van der Waals surface area contributed by atoms with Gasteiger partial charge in [-0.3, -0.25) is 0 Å². The van der Waals surface area contributed by atoms with Gasteiger partial charge in [-0.2, -0.15) is 0 Å². The van der Waals surface area contributed by atoms with Gasteiger partial charge in [-0.25, -0.2) is 0 Å². The van der Waals surface area contributed by atoms with Gasteiger partial charge in [0.25, 0.3) is 0 Å². The first-order valence-corrected chi connectivity index (χ1v) is 12.2. The quantitative estimate of drug-likeness (QED) is 0.208. The van der Waals surface area contributed by atoms with E-state index in [2.05, 4.69) is 111 Å². The molecular formula is C26H30Si. The van der Waals surface area contributed by atoms with Crippen LogP contribution in [0.25, 0.3) is 0 Å². The lowest BCUT2D eigenvalue weighted by atomic mass is 10.1. The van der Waals surface area contributed by atoms with E-state index < -0.39 is 8.07 Å². The predicted octanol–water partition coefficient (Wildman–Crippen LogP) is 5.29. The highest BCUT2D eigenvalue weighted by molar-refractivity contribution is 7.12. The first-order chi connectivity index (χ1) is 13.3. The van der Waals surface area contributed by atoms with Crippen molar-refractivity contribution < 1.29 is 0 Å². The number of benzene rings is 3. The van der Waals surface area contributed by atoms with Crippen LogP contribution in [0.3, 0.4) is 0 Å². The average molecular weight is 371 g/mol. The van der Waals surface area contributed by atoms with E-state index in [0.29, 0.717) is 5.54 Å². The van der Waals surface area contributed by atoms with Crippen molar-refractivity contribution in [3.05, 3.63) is 104 Å². The van der Waals surface area contributed by atoms with Crippen LogP contribution in [0, 0.1) is 0 Å². The van der Waals surface area contributed by atoms with Crippen molar-refractivity contribution in [3.8, 4) is 0 Å². The van der Waals surface area contributed by atoms with Crippen molar-refractivity contribution in [1.82, 2.24) is 0 Å². The van der Waals surface area contributed by atoms with E-state index >= 15 is 0 Å². The maximum atomic E-state index is 4.32. The molecule has 27 heavy (non-hydrogen) atoms. The molecule has 3 rings (SSSR count). The van der Waals surface area contributed by atoms with Gasteiger partial charge in [0, 0.05) is 0 Å². The second-order valence-corrected chi connectivity index (χ2v) is 11.3. The van der Waals surface area contributed by atoms with Crippen LogP contribution in [-0.2, 0) is 0 Å². The Bertz CT molecular complexity index is 712. The summed E-state index contributed by atoms with van der Waals surface area (Å²) in [5.41, 5.74) is 0.469. The van der Waals surface area contributed by atoms with Crippen LogP contribution in [0.4, 0.5) is 0 Å². The number of unbranched alkanes of at least 4 members (excludes halogenated alkanes) is 2. The molecule has 0 amide bonds. The zero-order chi connectivity index (χ0) is 19.0. The van der Waals surface area contributed by atoms with Crippen LogP contribution in [0.1, 0.15) is 32.6 Å². The number of rotatable bonds is 9. The Labute approximate surface area is 165 Å². The van der Waals surface area contributed by atoms with Gasteiger partial charge in [0.2, 0.25) is 0 Å². The molecule has 0 saturated carbocycles. The molecule has 0 aliphatic heterocycles. The zero-order valence-electron chi connectivity index (χ0n) is 16.4. The SMILES string of the molecule is C=CC(CCCCC)[Si](c1ccccc1)(c1ccccc1)c1ccccc1. The minimum Gasteiger partial charge on any atom is -0.103 e. The van der Waals surface area contributed by atoms with Gasteiger partial charge in [0.15, 0.2) is 8.07 Å². The summed E-state index contributed by atoms with van der Waals surface area (Å²) in [6.07, 6.45) is 7.24. The van der Waals surface area contributed by atoms with Crippen molar-refractivity contribution >= 4 is 23.6 Å². The van der Waals surface area contributed by atoms with Crippen molar-refractivity contribution in [2.45, 2.75) is 38.1 Å². The van der Waals surface area contributed by atoms with Gasteiger partial charge in [0.1, 0.15) is 0 Å². The largest absolute Gasteiger partial charge is 0.154 e. The van der Waals surface area contributed by atoms with Crippen LogP contribution in [0.2, 0.25) is 5.54 Å². The summed E-state index contributed by atoms with van der Waals surface area (Å²) in [6, 6.07) is 33.5. The summed E-state index contributed by atoms with van der Waals surface area (Å²) in [7, 11) is -2.22. The van der Waals surface area contributed by atoms with Gasteiger partial charge in [-0.05, 0) is 27.5 Å². The van der Waals surface area contributed by atoms with E-state index in [-0.39, 0.29) is 0 Å². The van der Waals surface area contributed by atoms with Crippen LogP contribution in [-0.4, -0.2) is 8.07 Å². The Morgan fingerprint density at radius 1 is 0.704 bits per heavy atom. The fraction of sp³-hybridized carbons (Fsp3) is 0.231. The van der Waals surface area contributed by atoms with E-state index in [1.165, 1.54) is 41.2 Å². The highest BCUT2D eigenvalue weighted by Gasteiger charge is 2.44. The van der Waals surface area contributed by atoms with Crippen molar-refractivity contribution in [2.24, 2.45) is 0 Å². The molecule has 0 saturated heterocycles. The standard InChI is InChI=1S/C26H30Si/c1-3-5-9-16-23(4-2)27(24-17-10-6-11-18-24,25-19-12-7-13-20-25)26-21-14-8-15-22-26/h4,6-8,10-15,17-23H,2-3,5,9,16H2,1H3. The Morgan fingerprint density at radius 2 is 1.11 bits per heavy atom. The minimum atomic E-state index is -2.22. The topological polar surface area (TPSA) is 0 Å². The molecule has 0 N–H and O–H groups in total. The summed E-state index contributed by atoms with van der Waals surface area (Å²) in [4.78, 5) is 0. The predicted molar refractivity (Wildman–Crippen MR) is 122 cm³/mol. The third-order valence-electron chi connectivity index (χ3n) is 5.65. The Balaban J connectivity index is 2.27. The molecule has 0 heterocycles. The highest BCUT2D eigenvalue weighted by Crippen LogP contribution is 2.29. The first-order valence-electron chi connectivity index (χ1n) is 10.1. The molecule has 0 spiro atoms. The third kappa shape index (κ3) is 3.99. The molecular weight excluding hydrogens is 340 g/mol. The molecule has 1 heteroatoms. The summed E-state index contributed by atoms with van der Waals surface area (Å²) in [5, 5.41) is 4.43. The zero-order valence-corrected chi connectivity index (χ0v) is 17.4. The van der Waals surface area contributed by atoms with Crippen molar-refractivity contribution in [3.63, 3.8) is 0 Å². The lowest BCUT2D eigenvalue weighted by Gasteiger charge is -2.39. The molecule has 1 unspecified atom stereocenters. The highest BCUT2D eigenvalue weighted by atomic mass is 28.3. The Morgan fingerprint density at radius 3 is 1.44 bits per heavy atom. The minimum absolute atomic E-state index is 0.469. The van der Waals surface area contributed by atoms with Crippen LogP contribution in [0.15, 0.2) is 104 Å². The molecule has 0 aliphatic rings. The molecule has 3 aromatic rings. The fourth-order valence-electron chi connectivity index (χ4n) is 4.37. The van der Waals surface area contributed by atoms with Gasteiger partial charge in [-0.1, -0.05) is 123 Å². The van der Waals surface area contributed by atoms with Crippen LogP contribution >= 0.6 is 0 Å². The lowest BCUT2D eigenvalue weighted by molar-refractivity contribution is 0.669. The Hall–Kier alpha value is -2.38. The number of allylic oxidation sites excluding steroid dienone is 1. The maximum absolute atomic E-state index is 4.32. The molecule has 0 bridgehead atoms. The number of hydrogen-bond acceptors (Lipinski definition) is 0. The second-order valence-electron chi connectivity index (χ2n) is 7.24. The molecule has 0 nitrogen and oxygen atoms in total. The summed E-state index contributed by atoms with van der Waals surface area (Å²) in [5.74, 6) is 0. The third-order valence-corrected chi connectivity index (χ3v) is 11.0. The molecule has 0 aliphatic carbocycles. The van der Waals surface area contributed by atoms with E-state index in [0.717, 1.165) is 0 Å². The van der Waals surface area contributed by atoms with E-state index in [4.69, 9.17) is 0 Å². The van der Waals surface area contributed by atoms with E-state index in [1.807, 2.05) is 0 Å². The molecule has 3 aromatic carbocycles.